The fraction of sp³-hybridized carbons (Fsp3) is 0.167. The van der Waals surface area contributed by atoms with E-state index in [0.29, 0.717) is 18.7 Å². The first-order valence-corrected chi connectivity index (χ1v) is 8.06. The number of halogens is 3. The molecule has 0 saturated carbocycles. The largest absolute Gasteiger partial charge is 0.338 e. The van der Waals surface area contributed by atoms with Gasteiger partial charge in [-0.05, 0) is 34.0 Å². The molecule has 1 aromatic heterocycles. The number of pyridine rings is 1. The minimum absolute atomic E-state index is 0.0522. The van der Waals surface area contributed by atoms with Crippen LogP contribution in [0.2, 0.25) is 0 Å². The zero-order valence-corrected chi connectivity index (χ0v) is 14.0. The predicted molar refractivity (Wildman–Crippen MR) is 90.7 cm³/mol. The van der Waals surface area contributed by atoms with Crippen LogP contribution in [0.1, 0.15) is 18.2 Å². The van der Waals surface area contributed by atoms with Gasteiger partial charge in [0.2, 0.25) is 0 Å². The molecule has 0 fully saturated rings. The van der Waals surface area contributed by atoms with Gasteiger partial charge in [-0.25, -0.2) is 8.78 Å². The van der Waals surface area contributed by atoms with E-state index in [-0.39, 0.29) is 20.8 Å². The SMILES string of the molecule is CCc1cc(=O)c2cc(F)c(Br)c(F)c2n1Cc1ccccc1. The van der Waals surface area contributed by atoms with E-state index in [0.717, 1.165) is 11.6 Å². The summed E-state index contributed by atoms with van der Waals surface area (Å²) in [6.07, 6.45) is 0.576. The Labute approximate surface area is 140 Å². The van der Waals surface area contributed by atoms with E-state index in [1.54, 1.807) is 4.57 Å². The molecule has 0 spiro atoms. The van der Waals surface area contributed by atoms with E-state index in [2.05, 4.69) is 15.9 Å². The van der Waals surface area contributed by atoms with Gasteiger partial charge in [-0.3, -0.25) is 4.79 Å². The summed E-state index contributed by atoms with van der Waals surface area (Å²) in [6.45, 7) is 2.31. The van der Waals surface area contributed by atoms with Crippen molar-refractivity contribution in [2.24, 2.45) is 0 Å². The highest BCUT2D eigenvalue weighted by molar-refractivity contribution is 9.10. The molecule has 0 unspecified atom stereocenters. The Bertz CT molecular complexity index is 935. The second-order valence-electron chi connectivity index (χ2n) is 5.31. The van der Waals surface area contributed by atoms with Crippen LogP contribution in [0.25, 0.3) is 10.9 Å². The molecule has 0 aliphatic rings. The Morgan fingerprint density at radius 1 is 1.13 bits per heavy atom. The van der Waals surface area contributed by atoms with Crippen molar-refractivity contribution in [1.82, 2.24) is 4.57 Å². The minimum atomic E-state index is -0.775. The van der Waals surface area contributed by atoms with Crippen LogP contribution in [0.15, 0.2) is 51.7 Å². The van der Waals surface area contributed by atoms with Crippen molar-refractivity contribution in [3.05, 3.63) is 80.1 Å². The second kappa shape index (κ2) is 6.24. The van der Waals surface area contributed by atoms with E-state index < -0.39 is 11.6 Å². The lowest BCUT2D eigenvalue weighted by atomic mass is 10.1. The first kappa shape index (κ1) is 15.9. The summed E-state index contributed by atoms with van der Waals surface area (Å²) < 4.78 is 30.0. The highest BCUT2D eigenvalue weighted by atomic mass is 79.9. The van der Waals surface area contributed by atoms with E-state index in [1.165, 1.54) is 6.07 Å². The van der Waals surface area contributed by atoms with Crippen molar-refractivity contribution in [2.75, 3.05) is 0 Å². The molecule has 23 heavy (non-hydrogen) atoms. The molecule has 118 valence electrons. The molecule has 2 nitrogen and oxygen atoms in total. The van der Waals surface area contributed by atoms with Crippen LogP contribution in [-0.2, 0) is 13.0 Å². The first-order chi connectivity index (χ1) is 11.0. The predicted octanol–water partition coefficient (Wildman–Crippen LogP) is 4.65. The van der Waals surface area contributed by atoms with Gasteiger partial charge >= 0.3 is 0 Å². The van der Waals surface area contributed by atoms with Gasteiger partial charge in [0, 0.05) is 18.3 Å². The zero-order chi connectivity index (χ0) is 16.6. The molecule has 0 radical (unpaired) electrons. The van der Waals surface area contributed by atoms with Crippen LogP contribution in [0, 0.1) is 11.6 Å². The van der Waals surface area contributed by atoms with Crippen LogP contribution in [0.4, 0.5) is 8.78 Å². The Kier molecular flexibility index (Phi) is 4.31. The molecular weight excluding hydrogens is 364 g/mol. The van der Waals surface area contributed by atoms with Crippen LogP contribution in [-0.4, -0.2) is 4.57 Å². The number of aromatic nitrogens is 1. The maximum atomic E-state index is 14.7. The highest BCUT2D eigenvalue weighted by Crippen LogP contribution is 2.28. The lowest BCUT2D eigenvalue weighted by Crippen LogP contribution is -2.16. The topological polar surface area (TPSA) is 22.0 Å². The molecule has 0 bridgehead atoms. The van der Waals surface area contributed by atoms with Gasteiger partial charge in [0.25, 0.3) is 0 Å². The van der Waals surface area contributed by atoms with Crippen molar-refractivity contribution in [3.63, 3.8) is 0 Å². The number of hydrogen-bond acceptors (Lipinski definition) is 1. The molecule has 1 heterocycles. The van der Waals surface area contributed by atoms with Gasteiger partial charge in [0.15, 0.2) is 11.2 Å². The zero-order valence-electron chi connectivity index (χ0n) is 12.4. The van der Waals surface area contributed by atoms with Gasteiger partial charge in [0.05, 0.1) is 15.4 Å². The molecule has 5 heteroatoms. The number of benzene rings is 2. The third-order valence-electron chi connectivity index (χ3n) is 3.86. The van der Waals surface area contributed by atoms with Gasteiger partial charge in [-0.1, -0.05) is 37.3 Å². The Morgan fingerprint density at radius 3 is 2.48 bits per heavy atom. The molecule has 0 amide bonds. The monoisotopic (exact) mass is 377 g/mol. The quantitative estimate of drug-likeness (QED) is 0.608. The Morgan fingerprint density at radius 2 is 1.83 bits per heavy atom. The smallest absolute Gasteiger partial charge is 0.189 e. The Balaban J connectivity index is 2.36. The van der Waals surface area contributed by atoms with Gasteiger partial charge in [-0.2, -0.15) is 0 Å². The highest BCUT2D eigenvalue weighted by Gasteiger charge is 2.18. The normalized spacial score (nSPS) is 11.1. The third-order valence-corrected chi connectivity index (χ3v) is 4.59. The van der Waals surface area contributed by atoms with Crippen LogP contribution < -0.4 is 5.43 Å². The fourth-order valence-corrected chi connectivity index (χ4v) is 3.03. The maximum absolute atomic E-state index is 14.7. The average molecular weight is 378 g/mol. The van der Waals surface area contributed by atoms with Gasteiger partial charge in [0.1, 0.15) is 5.82 Å². The number of aryl methyl sites for hydroxylation is 1. The summed E-state index contributed by atoms with van der Waals surface area (Å²) in [5.41, 5.74) is 1.45. The molecule has 0 aliphatic heterocycles. The van der Waals surface area contributed by atoms with Crippen LogP contribution >= 0.6 is 15.9 Å². The summed E-state index contributed by atoms with van der Waals surface area (Å²) in [6, 6.07) is 12.1. The van der Waals surface area contributed by atoms with E-state index in [9.17, 15) is 13.6 Å². The first-order valence-electron chi connectivity index (χ1n) is 7.26. The molecule has 3 aromatic rings. The Hall–Kier alpha value is -2.01. The molecule has 0 aliphatic carbocycles. The van der Waals surface area contributed by atoms with Crippen molar-refractivity contribution >= 4 is 26.8 Å². The van der Waals surface area contributed by atoms with Crippen molar-refractivity contribution < 1.29 is 8.78 Å². The standard InChI is InChI=1S/C18H14BrF2NO/c1-2-12-8-15(23)13-9-14(20)16(19)17(21)18(13)22(12)10-11-6-4-3-5-7-11/h3-9H,2,10H2,1H3. The molecule has 0 N–H and O–H groups in total. The maximum Gasteiger partial charge on any atom is 0.189 e. The third kappa shape index (κ3) is 2.81. The molecular formula is C18H14BrF2NO. The van der Waals surface area contributed by atoms with Crippen LogP contribution in [0.3, 0.4) is 0 Å². The van der Waals surface area contributed by atoms with E-state index in [1.807, 2.05) is 37.3 Å². The lowest BCUT2D eigenvalue weighted by Gasteiger charge is -2.17. The molecule has 3 rings (SSSR count). The van der Waals surface area contributed by atoms with Crippen molar-refractivity contribution in [1.29, 1.82) is 0 Å². The summed E-state index contributed by atoms with van der Waals surface area (Å²) in [5.74, 6) is -1.52. The van der Waals surface area contributed by atoms with E-state index in [4.69, 9.17) is 0 Å². The summed E-state index contributed by atoms with van der Waals surface area (Å²) in [5, 5.41) is 0.0522. The van der Waals surface area contributed by atoms with Gasteiger partial charge in [-0.15, -0.1) is 0 Å². The van der Waals surface area contributed by atoms with Crippen LogP contribution in [0.5, 0.6) is 0 Å². The minimum Gasteiger partial charge on any atom is -0.338 e. The number of fused-ring (bicyclic) bond motifs is 1. The molecule has 2 aromatic carbocycles. The fourth-order valence-electron chi connectivity index (χ4n) is 2.73. The lowest BCUT2D eigenvalue weighted by molar-refractivity contribution is 0.572. The number of rotatable bonds is 3. The number of nitrogens with zero attached hydrogens (tertiary/aromatic N) is 1. The second-order valence-corrected chi connectivity index (χ2v) is 6.10. The van der Waals surface area contributed by atoms with Gasteiger partial charge < -0.3 is 4.57 Å². The van der Waals surface area contributed by atoms with Crippen molar-refractivity contribution in [2.45, 2.75) is 19.9 Å². The molecule has 0 atom stereocenters. The van der Waals surface area contributed by atoms with Crippen molar-refractivity contribution in [3.8, 4) is 0 Å². The summed E-state index contributed by atoms with van der Waals surface area (Å²) in [7, 11) is 0. The summed E-state index contributed by atoms with van der Waals surface area (Å²) >= 11 is 2.93. The summed E-state index contributed by atoms with van der Waals surface area (Å²) in [4.78, 5) is 12.2. The molecule has 0 saturated heterocycles. The number of hydrogen-bond donors (Lipinski definition) is 0. The average Bonchev–Trinajstić information content (AvgIpc) is 2.56. The van der Waals surface area contributed by atoms with E-state index >= 15 is 0 Å².